The molecule has 6 nitrogen and oxygen atoms in total. The highest BCUT2D eigenvalue weighted by Gasteiger charge is 2.24. The smallest absolute Gasteiger partial charge is 0.258 e. The van der Waals surface area contributed by atoms with Gasteiger partial charge in [0.05, 0.1) is 16.9 Å². The third kappa shape index (κ3) is 4.78. The standard InChI is InChI=1S/C25H27FN4O2/c1-3-23-27-21-11-12-29(14-18-7-5-4-6-8-18)15-19(21)25(32)30(23)16-24(31)28-22-10-9-17(2)13-20(22)26/h4-10,13H,3,11-12,14-16H2,1-2H3,(H,28,31). The molecule has 2 aromatic carbocycles. The van der Waals surface area contributed by atoms with Crippen molar-refractivity contribution in [3.63, 3.8) is 0 Å². The maximum Gasteiger partial charge on any atom is 0.258 e. The molecule has 0 saturated heterocycles. The number of carbonyl (C=O) groups is 1. The van der Waals surface area contributed by atoms with Crippen molar-refractivity contribution in [2.75, 3.05) is 11.9 Å². The normalized spacial score (nSPS) is 13.6. The van der Waals surface area contributed by atoms with E-state index in [0.29, 0.717) is 30.8 Å². The van der Waals surface area contributed by atoms with E-state index < -0.39 is 11.7 Å². The molecular weight excluding hydrogens is 407 g/mol. The summed E-state index contributed by atoms with van der Waals surface area (Å²) in [5.74, 6) is -0.380. The van der Waals surface area contributed by atoms with E-state index in [0.717, 1.165) is 24.3 Å². The summed E-state index contributed by atoms with van der Waals surface area (Å²) in [5, 5.41) is 2.57. The van der Waals surface area contributed by atoms with Crippen LogP contribution in [0.1, 0.15) is 35.1 Å². The molecule has 3 aromatic rings. The van der Waals surface area contributed by atoms with Gasteiger partial charge in [-0.3, -0.25) is 19.1 Å². The third-order valence-electron chi connectivity index (χ3n) is 5.74. The number of fused-ring (bicyclic) bond motifs is 1. The summed E-state index contributed by atoms with van der Waals surface area (Å²) in [4.78, 5) is 32.9. The predicted molar refractivity (Wildman–Crippen MR) is 122 cm³/mol. The summed E-state index contributed by atoms with van der Waals surface area (Å²) in [5.41, 5.74) is 3.32. The molecule has 32 heavy (non-hydrogen) atoms. The molecule has 1 aliphatic heterocycles. The van der Waals surface area contributed by atoms with Crippen molar-refractivity contribution in [3.8, 4) is 0 Å². The van der Waals surface area contributed by atoms with Gasteiger partial charge >= 0.3 is 0 Å². The zero-order valence-electron chi connectivity index (χ0n) is 18.4. The molecule has 0 saturated carbocycles. The minimum atomic E-state index is -0.499. The van der Waals surface area contributed by atoms with E-state index in [1.165, 1.54) is 22.3 Å². The zero-order valence-corrected chi connectivity index (χ0v) is 18.4. The van der Waals surface area contributed by atoms with E-state index in [1.807, 2.05) is 25.1 Å². The minimum Gasteiger partial charge on any atom is -0.322 e. The minimum absolute atomic E-state index is 0.103. The summed E-state index contributed by atoms with van der Waals surface area (Å²) < 4.78 is 15.5. The Labute approximate surface area is 186 Å². The summed E-state index contributed by atoms with van der Waals surface area (Å²) in [6.07, 6.45) is 1.23. The number of nitrogens with one attached hydrogen (secondary N) is 1. The summed E-state index contributed by atoms with van der Waals surface area (Å²) in [6.45, 7) is 5.56. The molecule has 0 atom stereocenters. The molecule has 0 spiro atoms. The van der Waals surface area contributed by atoms with Crippen LogP contribution < -0.4 is 10.9 Å². The topological polar surface area (TPSA) is 67.2 Å². The molecule has 7 heteroatoms. The van der Waals surface area contributed by atoms with Gasteiger partial charge in [0.25, 0.3) is 5.56 Å². The molecule has 166 valence electrons. The van der Waals surface area contributed by atoms with Gasteiger partial charge in [-0.05, 0) is 30.2 Å². The third-order valence-corrected chi connectivity index (χ3v) is 5.74. The fraction of sp³-hybridized carbons (Fsp3) is 0.320. The van der Waals surface area contributed by atoms with Crippen LogP contribution in [0.5, 0.6) is 0 Å². The first kappa shape index (κ1) is 21.9. The van der Waals surface area contributed by atoms with Gasteiger partial charge in [0.1, 0.15) is 18.2 Å². The highest BCUT2D eigenvalue weighted by Crippen LogP contribution is 2.18. The van der Waals surface area contributed by atoms with Gasteiger partial charge in [0, 0.05) is 32.5 Å². The summed E-state index contributed by atoms with van der Waals surface area (Å²) in [6, 6.07) is 14.7. The molecule has 2 heterocycles. The van der Waals surface area contributed by atoms with Gasteiger partial charge < -0.3 is 5.32 Å². The molecule has 1 amide bonds. The van der Waals surface area contributed by atoms with Crippen LogP contribution in [0.4, 0.5) is 10.1 Å². The average Bonchev–Trinajstić information content (AvgIpc) is 2.78. The second-order valence-electron chi connectivity index (χ2n) is 8.18. The highest BCUT2D eigenvalue weighted by atomic mass is 19.1. The second kappa shape index (κ2) is 9.44. The quantitative estimate of drug-likeness (QED) is 0.645. The molecule has 1 aliphatic rings. The fourth-order valence-corrected chi connectivity index (χ4v) is 4.08. The Kier molecular flexibility index (Phi) is 6.46. The largest absolute Gasteiger partial charge is 0.322 e. The van der Waals surface area contributed by atoms with Gasteiger partial charge in [-0.25, -0.2) is 9.37 Å². The maximum atomic E-state index is 14.1. The Morgan fingerprint density at radius 2 is 1.97 bits per heavy atom. The van der Waals surface area contributed by atoms with Gasteiger partial charge in [-0.15, -0.1) is 0 Å². The average molecular weight is 435 g/mol. The number of benzene rings is 2. The lowest BCUT2D eigenvalue weighted by molar-refractivity contribution is -0.116. The number of nitrogens with zero attached hydrogens (tertiary/aromatic N) is 3. The van der Waals surface area contributed by atoms with E-state index in [2.05, 4.69) is 22.3 Å². The van der Waals surface area contributed by atoms with E-state index in [9.17, 15) is 14.0 Å². The molecule has 0 aliphatic carbocycles. The number of anilines is 1. The van der Waals surface area contributed by atoms with Crippen molar-refractivity contribution in [1.82, 2.24) is 14.5 Å². The number of halogens is 1. The number of hydrogen-bond donors (Lipinski definition) is 1. The van der Waals surface area contributed by atoms with Crippen molar-refractivity contribution >= 4 is 11.6 Å². The maximum absolute atomic E-state index is 14.1. The van der Waals surface area contributed by atoms with Crippen molar-refractivity contribution in [2.45, 2.75) is 46.3 Å². The lowest BCUT2D eigenvalue weighted by Gasteiger charge is -2.28. The molecule has 1 aromatic heterocycles. The number of rotatable bonds is 6. The van der Waals surface area contributed by atoms with Crippen LogP contribution in [0, 0.1) is 12.7 Å². The van der Waals surface area contributed by atoms with Crippen molar-refractivity contribution in [1.29, 1.82) is 0 Å². The molecule has 0 bridgehead atoms. The molecule has 4 rings (SSSR count). The molecular formula is C25H27FN4O2. The predicted octanol–water partition coefficient (Wildman–Crippen LogP) is 3.45. The summed E-state index contributed by atoms with van der Waals surface area (Å²) >= 11 is 0. The lowest BCUT2D eigenvalue weighted by atomic mass is 10.1. The number of amides is 1. The van der Waals surface area contributed by atoms with Crippen LogP contribution in [0.2, 0.25) is 0 Å². The van der Waals surface area contributed by atoms with Crippen LogP contribution in [0.3, 0.4) is 0 Å². The van der Waals surface area contributed by atoms with E-state index in [-0.39, 0.29) is 17.8 Å². The van der Waals surface area contributed by atoms with Crippen LogP contribution in [0.15, 0.2) is 53.3 Å². The van der Waals surface area contributed by atoms with E-state index in [1.54, 1.807) is 13.0 Å². The number of aromatic nitrogens is 2. The molecule has 1 N–H and O–H groups in total. The Balaban J connectivity index is 1.56. The van der Waals surface area contributed by atoms with Gasteiger partial charge in [0.2, 0.25) is 5.91 Å². The van der Waals surface area contributed by atoms with Crippen molar-refractivity contribution in [3.05, 3.63) is 92.9 Å². The number of hydrogen-bond acceptors (Lipinski definition) is 4. The first-order valence-corrected chi connectivity index (χ1v) is 10.9. The van der Waals surface area contributed by atoms with Gasteiger partial charge in [-0.2, -0.15) is 0 Å². The van der Waals surface area contributed by atoms with Crippen LogP contribution in [0.25, 0.3) is 0 Å². The molecule has 0 fully saturated rings. The monoisotopic (exact) mass is 434 g/mol. The first-order chi connectivity index (χ1) is 15.4. The number of aryl methyl sites for hydroxylation is 2. The molecule has 0 radical (unpaired) electrons. The highest BCUT2D eigenvalue weighted by molar-refractivity contribution is 5.90. The van der Waals surface area contributed by atoms with Crippen molar-refractivity contribution in [2.24, 2.45) is 0 Å². The first-order valence-electron chi connectivity index (χ1n) is 10.9. The van der Waals surface area contributed by atoms with Crippen LogP contribution in [-0.4, -0.2) is 26.9 Å². The van der Waals surface area contributed by atoms with Crippen LogP contribution >= 0.6 is 0 Å². The van der Waals surface area contributed by atoms with E-state index >= 15 is 0 Å². The fourth-order valence-electron chi connectivity index (χ4n) is 4.08. The van der Waals surface area contributed by atoms with E-state index in [4.69, 9.17) is 4.98 Å². The Hall–Kier alpha value is -3.32. The summed E-state index contributed by atoms with van der Waals surface area (Å²) in [7, 11) is 0. The lowest BCUT2D eigenvalue weighted by Crippen LogP contribution is -2.40. The van der Waals surface area contributed by atoms with Gasteiger partial charge in [0.15, 0.2) is 0 Å². The Morgan fingerprint density at radius 1 is 1.19 bits per heavy atom. The zero-order chi connectivity index (χ0) is 22.7. The van der Waals surface area contributed by atoms with Crippen LogP contribution in [-0.2, 0) is 37.3 Å². The molecule has 0 unspecified atom stereocenters. The van der Waals surface area contributed by atoms with Crippen molar-refractivity contribution < 1.29 is 9.18 Å². The van der Waals surface area contributed by atoms with Gasteiger partial charge in [-0.1, -0.05) is 43.3 Å². The Bertz CT molecular complexity index is 1190. The SMILES string of the molecule is CCc1nc2c(c(=O)n1CC(=O)Nc1ccc(C)cc1F)CN(Cc1ccccc1)CC2. The number of carbonyl (C=O) groups excluding carboxylic acids is 1. The Morgan fingerprint density at radius 3 is 2.69 bits per heavy atom. The second-order valence-corrected chi connectivity index (χ2v) is 8.18.